The standard InChI is InChI=1S/C15H18N2O3/c1-4-12-5-7-13(8-6-12)9-17(11(2)18)14(10-20-3)15(16)19/h1,5-8,14H,9-10H2,2-3H3,(H2,16,19)/t14-/m0/s1. The van der Waals surface area contributed by atoms with Crippen LogP contribution < -0.4 is 5.73 Å². The van der Waals surface area contributed by atoms with Gasteiger partial charge in [-0.05, 0) is 17.7 Å². The Morgan fingerprint density at radius 3 is 2.40 bits per heavy atom. The molecule has 0 unspecified atom stereocenters. The highest BCUT2D eigenvalue weighted by Gasteiger charge is 2.26. The average Bonchev–Trinajstić information content (AvgIpc) is 2.42. The highest BCUT2D eigenvalue weighted by atomic mass is 16.5. The third kappa shape index (κ3) is 4.11. The molecule has 0 saturated heterocycles. The summed E-state index contributed by atoms with van der Waals surface area (Å²) in [4.78, 5) is 24.6. The number of benzene rings is 1. The van der Waals surface area contributed by atoms with Crippen molar-refractivity contribution < 1.29 is 14.3 Å². The smallest absolute Gasteiger partial charge is 0.242 e. The zero-order valence-electron chi connectivity index (χ0n) is 11.6. The minimum absolute atomic E-state index is 0.0668. The molecule has 1 aromatic rings. The molecule has 0 radical (unpaired) electrons. The predicted octanol–water partition coefficient (Wildman–Crippen LogP) is 0.517. The van der Waals surface area contributed by atoms with E-state index in [0.29, 0.717) is 0 Å². The minimum Gasteiger partial charge on any atom is -0.382 e. The third-order valence-corrected chi connectivity index (χ3v) is 2.91. The number of rotatable bonds is 6. The molecule has 0 aliphatic rings. The summed E-state index contributed by atoms with van der Waals surface area (Å²) < 4.78 is 4.95. The normalized spacial score (nSPS) is 11.4. The molecule has 106 valence electrons. The molecule has 20 heavy (non-hydrogen) atoms. The molecule has 2 N–H and O–H groups in total. The lowest BCUT2D eigenvalue weighted by molar-refractivity contribution is -0.140. The van der Waals surface area contributed by atoms with Gasteiger partial charge in [-0.3, -0.25) is 9.59 Å². The van der Waals surface area contributed by atoms with Crippen LogP contribution in [0.15, 0.2) is 24.3 Å². The van der Waals surface area contributed by atoms with Crippen LogP contribution in [0, 0.1) is 12.3 Å². The van der Waals surface area contributed by atoms with Crippen molar-refractivity contribution in [3.8, 4) is 12.3 Å². The number of primary amides is 1. The molecular weight excluding hydrogens is 256 g/mol. The predicted molar refractivity (Wildman–Crippen MR) is 75.5 cm³/mol. The van der Waals surface area contributed by atoms with Crippen LogP contribution in [0.2, 0.25) is 0 Å². The number of hydrogen-bond acceptors (Lipinski definition) is 3. The third-order valence-electron chi connectivity index (χ3n) is 2.91. The van der Waals surface area contributed by atoms with E-state index in [2.05, 4.69) is 5.92 Å². The highest BCUT2D eigenvalue weighted by Crippen LogP contribution is 2.11. The van der Waals surface area contributed by atoms with Gasteiger partial charge >= 0.3 is 0 Å². The molecule has 1 atom stereocenters. The molecule has 0 aromatic heterocycles. The molecule has 2 amide bonds. The van der Waals surface area contributed by atoms with Gasteiger partial charge in [-0.15, -0.1) is 6.42 Å². The van der Waals surface area contributed by atoms with Crippen LogP contribution in [-0.2, 0) is 20.9 Å². The first-order valence-corrected chi connectivity index (χ1v) is 6.10. The van der Waals surface area contributed by atoms with Gasteiger partial charge in [0, 0.05) is 26.1 Å². The van der Waals surface area contributed by atoms with Crippen LogP contribution >= 0.6 is 0 Å². The molecule has 5 nitrogen and oxygen atoms in total. The maximum absolute atomic E-state index is 11.7. The van der Waals surface area contributed by atoms with E-state index in [4.69, 9.17) is 16.9 Å². The Hall–Kier alpha value is -2.32. The lowest BCUT2D eigenvalue weighted by atomic mass is 10.1. The molecule has 0 bridgehead atoms. The first kappa shape index (κ1) is 15.7. The zero-order valence-corrected chi connectivity index (χ0v) is 11.6. The van der Waals surface area contributed by atoms with Crippen LogP contribution in [0.1, 0.15) is 18.1 Å². The van der Waals surface area contributed by atoms with Gasteiger partial charge in [0.2, 0.25) is 11.8 Å². The second-order valence-electron chi connectivity index (χ2n) is 4.36. The summed E-state index contributed by atoms with van der Waals surface area (Å²) >= 11 is 0. The molecule has 0 spiro atoms. The van der Waals surface area contributed by atoms with E-state index in [1.807, 2.05) is 12.1 Å². The Morgan fingerprint density at radius 2 is 2.00 bits per heavy atom. The van der Waals surface area contributed by atoms with E-state index in [-0.39, 0.29) is 19.1 Å². The van der Waals surface area contributed by atoms with Crippen molar-refractivity contribution in [1.29, 1.82) is 0 Å². The summed E-state index contributed by atoms with van der Waals surface area (Å²) in [7, 11) is 1.45. The summed E-state index contributed by atoms with van der Waals surface area (Å²) in [6.07, 6.45) is 5.28. The molecule has 0 saturated carbocycles. The maximum Gasteiger partial charge on any atom is 0.242 e. The van der Waals surface area contributed by atoms with E-state index >= 15 is 0 Å². The molecular formula is C15H18N2O3. The van der Waals surface area contributed by atoms with Crippen molar-refractivity contribution in [2.75, 3.05) is 13.7 Å². The number of amides is 2. The molecule has 0 heterocycles. The zero-order chi connectivity index (χ0) is 15.1. The van der Waals surface area contributed by atoms with Crippen molar-refractivity contribution in [3.05, 3.63) is 35.4 Å². The number of methoxy groups -OCH3 is 1. The fourth-order valence-electron chi connectivity index (χ4n) is 1.83. The number of ether oxygens (including phenoxy) is 1. The summed E-state index contributed by atoms with van der Waals surface area (Å²) in [6, 6.07) is 6.41. The van der Waals surface area contributed by atoms with Gasteiger partial charge < -0.3 is 15.4 Å². The quantitative estimate of drug-likeness (QED) is 0.768. The number of carbonyl (C=O) groups is 2. The summed E-state index contributed by atoms with van der Waals surface area (Å²) in [6.45, 7) is 1.73. The Kier molecular flexibility index (Phi) is 5.75. The van der Waals surface area contributed by atoms with Gasteiger partial charge in [-0.1, -0.05) is 18.1 Å². The fraction of sp³-hybridized carbons (Fsp3) is 0.333. The SMILES string of the molecule is C#Cc1ccc(CN(C(C)=O)[C@@H](COC)C(N)=O)cc1. The van der Waals surface area contributed by atoms with Crippen molar-refractivity contribution in [1.82, 2.24) is 4.90 Å². The Bertz CT molecular complexity index is 517. The van der Waals surface area contributed by atoms with Crippen molar-refractivity contribution in [2.24, 2.45) is 5.73 Å². The topological polar surface area (TPSA) is 72.6 Å². The van der Waals surface area contributed by atoms with Crippen LogP contribution in [0.3, 0.4) is 0 Å². The summed E-state index contributed by atoms with van der Waals surface area (Å²) in [5.41, 5.74) is 6.94. The van der Waals surface area contributed by atoms with Gasteiger partial charge in [0.15, 0.2) is 0 Å². The van der Waals surface area contributed by atoms with Crippen LogP contribution in [0.5, 0.6) is 0 Å². The van der Waals surface area contributed by atoms with Crippen molar-refractivity contribution in [3.63, 3.8) is 0 Å². The van der Waals surface area contributed by atoms with Crippen molar-refractivity contribution >= 4 is 11.8 Å². The van der Waals surface area contributed by atoms with Gasteiger partial charge in [0.1, 0.15) is 6.04 Å². The van der Waals surface area contributed by atoms with Gasteiger partial charge in [-0.2, -0.15) is 0 Å². The number of hydrogen-bond donors (Lipinski definition) is 1. The maximum atomic E-state index is 11.7. The van der Waals surface area contributed by atoms with Gasteiger partial charge in [-0.25, -0.2) is 0 Å². The van der Waals surface area contributed by atoms with E-state index in [0.717, 1.165) is 11.1 Å². The molecule has 1 aromatic carbocycles. The monoisotopic (exact) mass is 274 g/mol. The number of nitrogens with zero attached hydrogens (tertiary/aromatic N) is 1. The van der Waals surface area contributed by atoms with Crippen LogP contribution in [0.25, 0.3) is 0 Å². The first-order chi connectivity index (χ1) is 9.49. The molecule has 1 rings (SSSR count). The first-order valence-electron chi connectivity index (χ1n) is 6.10. The Morgan fingerprint density at radius 1 is 1.40 bits per heavy atom. The van der Waals surface area contributed by atoms with E-state index < -0.39 is 11.9 Å². The highest BCUT2D eigenvalue weighted by molar-refractivity contribution is 5.85. The van der Waals surface area contributed by atoms with E-state index in [9.17, 15) is 9.59 Å². The van der Waals surface area contributed by atoms with Crippen LogP contribution in [-0.4, -0.2) is 36.5 Å². The number of carbonyl (C=O) groups excluding carboxylic acids is 2. The minimum atomic E-state index is -0.787. The summed E-state index contributed by atoms with van der Waals surface area (Å²) in [5.74, 6) is 1.68. The summed E-state index contributed by atoms with van der Waals surface area (Å²) in [5, 5.41) is 0. The largest absolute Gasteiger partial charge is 0.382 e. The van der Waals surface area contributed by atoms with Gasteiger partial charge in [0.05, 0.1) is 6.61 Å². The molecule has 5 heteroatoms. The average molecular weight is 274 g/mol. The van der Waals surface area contributed by atoms with Gasteiger partial charge in [0.25, 0.3) is 0 Å². The van der Waals surface area contributed by atoms with Crippen molar-refractivity contribution in [2.45, 2.75) is 19.5 Å². The second kappa shape index (κ2) is 7.31. The van der Waals surface area contributed by atoms with Crippen LogP contribution in [0.4, 0.5) is 0 Å². The molecule has 0 aliphatic carbocycles. The molecule has 0 aliphatic heterocycles. The number of terminal acetylenes is 1. The molecule has 0 fully saturated rings. The Balaban J connectivity index is 2.93. The Labute approximate surface area is 118 Å². The lowest BCUT2D eigenvalue weighted by Crippen LogP contribution is -2.49. The fourth-order valence-corrected chi connectivity index (χ4v) is 1.83. The van der Waals surface area contributed by atoms with E-state index in [1.54, 1.807) is 12.1 Å². The van der Waals surface area contributed by atoms with E-state index in [1.165, 1.54) is 18.9 Å². The lowest BCUT2D eigenvalue weighted by Gasteiger charge is -2.28. The second-order valence-corrected chi connectivity index (χ2v) is 4.36. The number of nitrogens with two attached hydrogens (primary N) is 1.